The van der Waals surface area contributed by atoms with Crippen LogP contribution in [0.4, 0.5) is 0 Å². The van der Waals surface area contributed by atoms with E-state index >= 15 is 0 Å². The molecule has 4 atom stereocenters. The summed E-state index contributed by atoms with van der Waals surface area (Å²) in [5.74, 6) is -4.30. The van der Waals surface area contributed by atoms with Crippen LogP contribution in [0.2, 0.25) is 0 Å². The minimum Gasteiger partial charge on any atom is -0.508 e. The third kappa shape index (κ3) is 8.24. The molecule has 0 aliphatic heterocycles. The van der Waals surface area contributed by atoms with Crippen LogP contribution in [0.3, 0.4) is 0 Å². The molecule has 3 amide bonds. The maximum Gasteiger partial charge on any atom is 0.243 e. The first-order valence-corrected chi connectivity index (χ1v) is 11.1. The molecule has 0 unspecified atom stereocenters. The van der Waals surface area contributed by atoms with Gasteiger partial charge in [-0.05, 0) is 50.3 Å². The molecule has 0 aromatic heterocycles. The Kier molecular flexibility index (Phi) is 10.4. The number of nitrogens with two attached hydrogens (primary N) is 1. The normalized spacial score (nSPS) is 16.2. The van der Waals surface area contributed by atoms with Crippen molar-refractivity contribution >= 4 is 17.7 Å². The van der Waals surface area contributed by atoms with Crippen molar-refractivity contribution in [3.05, 3.63) is 29.8 Å². The lowest BCUT2D eigenvalue weighted by molar-refractivity contribution is -0.232. The van der Waals surface area contributed by atoms with E-state index < -0.39 is 47.9 Å². The monoisotopic (exact) mass is 482 g/mol. The van der Waals surface area contributed by atoms with Gasteiger partial charge >= 0.3 is 0 Å². The predicted molar refractivity (Wildman–Crippen MR) is 125 cm³/mol. The van der Waals surface area contributed by atoms with Gasteiger partial charge in [0.05, 0.1) is 18.2 Å². The van der Waals surface area contributed by atoms with Crippen LogP contribution in [0.15, 0.2) is 24.3 Å². The quantitative estimate of drug-likeness (QED) is 0.171. The summed E-state index contributed by atoms with van der Waals surface area (Å²) in [6.45, 7) is 6.91. The standard InChI is InChI=1S/C23H38N4O7/c1-13(2)10-18(26-15(4)29)21(32)25-14(3)20(31)27-19(23(33,34)22(5,24)12-28)11-16-6-8-17(30)9-7-16/h6-9,13-14,18-19,28,30,33-34H,10-12,24H2,1-5H3,(H,25,32)(H,26,29)(H,27,31)/t14-,18-,19-,22-/m0/s1. The fraction of sp³-hybridized carbons (Fsp3) is 0.609. The maximum atomic E-state index is 12.9. The summed E-state index contributed by atoms with van der Waals surface area (Å²) in [5, 5.41) is 48.2. The number of carbonyl (C=O) groups excluding carboxylic acids is 3. The summed E-state index contributed by atoms with van der Waals surface area (Å²) >= 11 is 0. The van der Waals surface area contributed by atoms with Crippen LogP contribution in [-0.2, 0) is 20.8 Å². The highest BCUT2D eigenvalue weighted by atomic mass is 16.5. The lowest BCUT2D eigenvalue weighted by Crippen LogP contribution is -2.71. The molecule has 0 saturated heterocycles. The second-order valence-corrected chi connectivity index (χ2v) is 9.35. The fourth-order valence-corrected chi connectivity index (χ4v) is 3.30. The molecule has 192 valence electrons. The third-order valence-electron chi connectivity index (χ3n) is 5.50. The van der Waals surface area contributed by atoms with E-state index in [0.29, 0.717) is 12.0 Å². The van der Waals surface area contributed by atoms with Crippen LogP contribution >= 0.6 is 0 Å². The zero-order chi connectivity index (χ0) is 26.3. The number of rotatable bonds is 12. The van der Waals surface area contributed by atoms with Crippen molar-refractivity contribution in [2.45, 2.75) is 76.9 Å². The van der Waals surface area contributed by atoms with E-state index in [2.05, 4.69) is 16.0 Å². The average molecular weight is 483 g/mol. The number of aliphatic hydroxyl groups is 3. The number of phenols is 1. The first-order valence-electron chi connectivity index (χ1n) is 11.1. The molecule has 11 nitrogen and oxygen atoms in total. The van der Waals surface area contributed by atoms with Gasteiger partial charge in [-0.15, -0.1) is 0 Å². The Hall–Kier alpha value is -2.73. The highest BCUT2D eigenvalue weighted by molar-refractivity contribution is 5.91. The van der Waals surface area contributed by atoms with Crippen molar-refractivity contribution in [1.82, 2.24) is 16.0 Å². The van der Waals surface area contributed by atoms with Gasteiger partial charge in [0.1, 0.15) is 17.8 Å². The van der Waals surface area contributed by atoms with Crippen molar-refractivity contribution < 1.29 is 34.8 Å². The molecule has 0 spiro atoms. The highest BCUT2D eigenvalue weighted by Gasteiger charge is 2.49. The van der Waals surface area contributed by atoms with Gasteiger partial charge in [0.25, 0.3) is 0 Å². The molecule has 0 saturated carbocycles. The number of carbonyl (C=O) groups is 3. The molecule has 1 aromatic carbocycles. The Labute approximate surface area is 199 Å². The fourth-order valence-electron chi connectivity index (χ4n) is 3.30. The Bertz CT molecular complexity index is 840. The second kappa shape index (κ2) is 12.1. The number of benzene rings is 1. The van der Waals surface area contributed by atoms with Crippen LogP contribution in [0.5, 0.6) is 5.75 Å². The minimum atomic E-state index is -2.74. The first kappa shape index (κ1) is 29.3. The molecule has 1 rings (SSSR count). The molecule has 34 heavy (non-hydrogen) atoms. The van der Waals surface area contributed by atoms with E-state index in [0.717, 1.165) is 0 Å². The van der Waals surface area contributed by atoms with Crippen LogP contribution in [0.25, 0.3) is 0 Å². The van der Waals surface area contributed by atoms with Gasteiger partial charge < -0.3 is 42.1 Å². The van der Waals surface area contributed by atoms with Gasteiger partial charge in [0.15, 0.2) is 0 Å². The molecule has 11 heteroatoms. The summed E-state index contributed by atoms with van der Waals surface area (Å²) in [7, 11) is 0. The molecular weight excluding hydrogens is 444 g/mol. The SMILES string of the molecule is CC(=O)N[C@@H](CC(C)C)C(=O)N[C@@H](C)C(=O)N[C@@H](Cc1ccc(O)cc1)C(O)(O)[C@@](C)(N)CO. The van der Waals surface area contributed by atoms with Crippen LogP contribution in [-0.4, -0.2) is 74.2 Å². The molecule has 0 aliphatic rings. The maximum absolute atomic E-state index is 12.9. The summed E-state index contributed by atoms with van der Waals surface area (Å²) in [5.41, 5.74) is 4.53. The molecule has 0 radical (unpaired) electrons. The smallest absolute Gasteiger partial charge is 0.243 e. The second-order valence-electron chi connectivity index (χ2n) is 9.35. The van der Waals surface area contributed by atoms with Gasteiger partial charge in [0, 0.05) is 6.92 Å². The molecule has 9 N–H and O–H groups in total. The van der Waals surface area contributed by atoms with E-state index in [1.54, 1.807) is 0 Å². The topological polar surface area (TPSA) is 194 Å². The van der Waals surface area contributed by atoms with E-state index in [1.165, 1.54) is 45.0 Å². The van der Waals surface area contributed by atoms with Gasteiger partial charge in [-0.2, -0.15) is 0 Å². The molecular formula is C23H38N4O7. The summed E-state index contributed by atoms with van der Waals surface area (Å²) in [4.78, 5) is 37.0. The van der Waals surface area contributed by atoms with Gasteiger partial charge in [-0.25, -0.2) is 0 Å². The Morgan fingerprint density at radius 3 is 2.03 bits per heavy atom. The summed E-state index contributed by atoms with van der Waals surface area (Å²) in [6.07, 6.45) is 0.260. The number of nitrogens with one attached hydrogen (secondary N) is 3. The van der Waals surface area contributed by atoms with Gasteiger partial charge in [-0.3, -0.25) is 14.4 Å². The van der Waals surface area contributed by atoms with Crippen molar-refractivity contribution in [1.29, 1.82) is 0 Å². The lowest BCUT2D eigenvalue weighted by atomic mass is 9.84. The highest BCUT2D eigenvalue weighted by Crippen LogP contribution is 2.24. The Balaban J connectivity index is 3.06. The number of amides is 3. The van der Waals surface area contributed by atoms with Crippen molar-refractivity contribution in [3.63, 3.8) is 0 Å². The van der Waals surface area contributed by atoms with Gasteiger partial charge in [0.2, 0.25) is 23.5 Å². The van der Waals surface area contributed by atoms with Crippen LogP contribution < -0.4 is 21.7 Å². The zero-order valence-corrected chi connectivity index (χ0v) is 20.3. The third-order valence-corrected chi connectivity index (χ3v) is 5.50. The number of hydrogen-bond donors (Lipinski definition) is 8. The summed E-state index contributed by atoms with van der Waals surface area (Å²) < 4.78 is 0. The Morgan fingerprint density at radius 1 is 1.00 bits per heavy atom. The molecule has 0 aliphatic carbocycles. The van der Waals surface area contributed by atoms with Gasteiger partial charge in [-0.1, -0.05) is 26.0 Å². The van der Waals surface area contributed by atoms with Crippen molar-refractivity contribution in [2.24, 2.45) is 11.7 Å². The molecule has 0 fully saturated rings. The van der Waals surface area contributed by atoms with Crippen LogP contribution in [0, 0.1) is 5.92 Å². The predicted octanol–water partition coefficient (Wildman–Crippen LogP) is -1.13. The van der Waals surface area contributed by atoms with E-state index in [1.807, 2.05) is 13.8 Å². The summed E-state index contributed by atoms with van der Waals surface area (Å²) in [6, 6.07) is 2.56. The number of aromatic hydroxyl groups is 1. The minimum absolute atomic E-state index is 0.00840. The van der Waals surface area contributed by atoms with Crippen LogP contribution in [0.1, 0.15) is 46.6 Å². The van der Waals surface area contributed by atoms with E-state index in [9.17, 15) is 34.8 Å². The number of hydrogen-bond acceptors (Lipinski definition) is 8. The lowest BCUT2D eigenvalue weighted by Gasteiger charge is -2.42. The zero-order valence-electron chi connectivity index (χ0n) is 20.3. The van der Waals surface area contributed by atoms with E-state index in [-0.39, 0.29) is 24.0 Å². The largest absolute Gasteiger partial charge is 0.508 e. The number of phenolic OH excluding ortho intramolecular Hbond substituents is 1. The number of aliphatic hydroxyl groups excluding tert-OH is 1. The van der Waals surface area contributed by atoms with Crippen molar-refractivity contribution in [3.8, 4) is 5.75 Å². The Morgan fingerprint density at radius 2 is 1.56 bits per heavy atom. The first-order chi connectivity index (χ1) is 15.6. The molecule has 1 aromatic rings. The molecule has 0 heterocycles. The molecule has 0 bridgehead atoms. The van der Waals surface area contributed by atoms with E-state index in [4.69, 9.17) is 5.73 Å². The van der Waals surface area contributed by atoms with Crippen molar-refractivity contribution in [2.75, 3.05) is 6.61 Å². The average Bonchev–Trinajstić information content (AvgIpc) is 2.73.